The Morgan fingerprint density at radius 3 is 2.68 bits per heavy atom. The van der Waals surface area contributed by atoms with Crippen molar-refractivity contribution in [2.45, 2.75) is 6.54 Å². The second kappa shape index (κ2) is 8.01. The SMILES string of the molecule is Cn1c(=O)c2cc(C(=O)Nc3ccnn3Cc3cccc(Cl)c3Cl)cnc2n(C)c1=O. The number of fused-ring (bicyclic) bond motifs is 1. The van der Waals surface area contributed by atoms with E-state index < -0.39 is 17.2 Å². The van der Waals surface area contributed by atoms with E-state index in [0.717, 1.165) is 10.1 Å². The van der Waals surface area contributed by atoms with Gasteiger partial charge in [0.25, 0.3) is 11.5 Å². The van der Waals surface area contributed by atoms with Crippen molar-refractivity contribution in [2.24, 2.45) is 14.1 Å². The predicted octanol–water partition coefficient (Wildman–Crippen LogP) is 2.44. The lowest BCUT2D eigenvalue weighted by atomic mass is 10.2. The topological polar surface area (TPSA) is 104 Å². The van der Waals surface area contributed by atoms with Crippen LogP contribution in [0, 0.1) is 0 Å². The van der Waals surface area contributed by atoms with Gasteiger partial charge in [0.1, 0.15) is 11.5 Å². The maximum Gasteiger partial charge on any atom is 0.332 e. The molecule has 0 saturated heterocycles. The Bertz CT molecular complexity index is 1450. The number of benzene rings is 1. The summed E-state index contributed by atoms with van der Waals surface area (Å²) in [5.41, 5.74) is 0.0823. The van der Waals surface area contributed by atoms with Crippen LogP contribution in [-0.2, 0) is 20.6 Å². The largest absolute Gasteiger partial charge is 0.332 e. The summed E-state index contributed by atoms with van der Waals surface area (Å²) in [4.78, 5) is 41.4. The van der Waals surface area contributed by atoms with E-state index in [0.29, 0.717) is 22.4 Å². The number of hydrogen-bond acceptors (Lipinski definition) is 5. The number of anilines is 1. The van der Waals surface area contributed by atoms with Gasteiger partial charge >= 0.3 is 5.69 Å². The van der Waals surface area contributed by atoms with Crippen molar-refractivity contribution in [1.29, 1.82) is 0 Å². The Labute approximate surface area is 185 Å². The number of aromatic nitrogens is 5. The third-order valence-electron chi connectivity index (χ3n) is 4.87. The van der Waals surface area contributed by atoms with Crippen LogP contribution < -0.4 is 16.6 Å². The fraction of sp³-hybridized carbons (Fsp3) is 0.150. The molecule has 0 aliphatic rings. The molecule has 3 aromatic heterocycles. The van der Waals surface area contributed by atoms with Crippen molar-refractivity contribution in [2.75, 3.05) is 5.32 Å². The van der Waals surface area contributed by atoms with Crippen molar-refractivity contribution in [3.05, 3.63) is 84.7 Å². The van der Waals surface area contributed by atoms with Crippen LogP contribution in [0.25, 0.3) is 11.0 Å². The molecule has 0 unspecified atom stereocenters. The van der Waals surface area contributed by atoms with Crippen LogP contribution in [0.4, 0.5) is 5.82 Å². The minimum absolute atomic E-state index is 0.163. The predicted molar refractivity (Wildman–Crippen MR) is 118 cm³/mol. The Hall–Kier alpha value is -3.43. The first-order chi connectivity index (χ1) is 14.8. The highest BCUT2D eigenvalue weighted by molar-refractivity contribution is 6.42. The number of pyridine rings is 1. The minimum atomic E-state index is -0.527. The summed E-state index contributed by atoms with van der Waals surface area (Å²) in [6.45, 7) is 0.292. The number of nitrogens with zero attached hydrogens (tertiary/aromatic N) is 5. The van der Waals surface area contributed by atoms with Crippen molar-refractivity contribution >= 4 is 46.0 Å². The van der Waals surface area contributed by atoms with Gasteiger partial charge in [-0.3, -0.25) is 18.7 Å². The molecular weight excluding hydrogens is 443 g/mol. The van der Waals surface area contributed by atoms with Gasteiger partial charge in [-0.2, -0.15) is 5.10 Å². The Balaban J connectivity index is 1.65. The van der Waals surface area contributed by atoms with E-state index in [1.807, 2.05) is 6.07 Å². The molecule has 3 heterocycles. The third-order valence-corrected chi connectivity index (χ3v) is 5.72. The maximum atomic E-state index is 12.8. The van der Waals surface area contributed by atoms with E-state index in [9.17, 15) is 14.4 Å². The molecule has 0 saturated carbocycles. The van der Waals surface area contributed by atoms with Crippen LogP contribution in [0.15, 0.2) is 52.3 Å². The van der Waals surface area contributed by atoms with Crippen molar-refractivity contribution in [3.63, 3.8) is 0 Å². The number of halogens is 2. The molecule has 0 spiro atoms. The Morgan fingerprint density at radius 1 is 1.13 bits per heavy atom. The smallest absolute Gasteiger partial charge is 0.307 e. The van der Waals surface area contributed by atoms with E-state index in [2.05, 4.69) is 15.4 Å². The molecule has 0 bridgehead atoms. The highest BCUT2D eigenvalue weighted by atomic mass is 35.5. The van der Waals surface area contributed by atoms with Crippen LogP contribution in [0.5, 0.6) is 0 Å². The molecule has 31 heavy (non-hydrogen) atoms. The zero-order valence-electron chi connectivity index (χ0n) is 16.5. The Kier molecular flexibility index (Phi) is 5.38. The second-order valence-electron chi connectivity index (χ2n) is 6.84. The molecule has 4 rings (SSSR count). The van der Waals surface area contributed by atoms with Gasteiger partial charge in [0, 0.05) is 26.4 Å². The van der Waals surface area contributed by atoms with E-state index in [1.165, 1.54) is 37.1 Å². The first-order valence-electron chi connectivity index (χ1n) is 9.09. The molecule has 0 aliphatic carbocycles. The van der Waals surface area contributed by atoms with Gasteiger partial charge in [-0.15, -0.1) is 0 Å². The highest BCUT2D eigenvalue weighted by Crippen LogP contribution is 2.26. The molecule has 158 valence electrons. The van der Waals surface area contributed by atoms with Gasteiger partial charge in [0.2, 0.25) is 0 Å². The van der Waals surface area contributed by atoms with Crippen molar-refractivity contribution in [3.8, 4) is 0 Å². The quantitative estimate of drug-likeness (QED) is 0.505. The lowest BCUT2D eigenvalue weighted by Crippen LogP contribution is -2.37. The number of amides is 1. The zero-order chi connectivity index (χ0) is 22.3. The summed E-state index contributed by atoms with van der Waals surface area (Å²) in [7, 11) is 2.88. The van der Waals surface area contributed by atoms with Gasteiger partial charge in [0.15, 0.2) is 0 Å². The molecule has 9 nitrogen and oxygen atoms in total. The summed E-state index contributed by atoms with van der Waals surface area (Å²) in [5.74, 6) is -0.0567. The summed E-state index contributed by atoms with van der Waals surface area (Å²) >= 11 is 12.3. The lowest BCUT2D eigenvalue weighted by Gasteiger charge is -2.11. The number of rotatable bonds is 4. The molecule has 0 radical (unpaired) electrons. The Morgan fingerprint density at radius 2 is 1.90 bits per heavy atom. The second-order valence-corrected chi connectivity index (χ2v) is 7.63. The standard InChI is InChI=1S/C20H16Cl2N6O3/c1-26-17-13(19(30)27(2)20(26)31)8-12(9-23-17)18(29)25-15-6-7-24-28(15)10-11-4-3-5-14(21)16(11)22/h3-9H,10H2,1-2H3,(H,25,29). The molecule has 11 heteroatoms. The molecular formula is C20H16Cl2N6O3. The minimum Gasteiger partial charge on any atom is -0.307 e. The van der Waals surface area contributed by atoms with Crippen LogP contribution in [0.2, 0.25) is 10.0 Å². The third kappa shape index (κ3) is 3.73. The number of aryl methyl sites for hydroxylation is 1. The number of carbonyl (C=O) groups excluding carboxylic acids is 1. The molecule has 0 fully saturated rings. The average Bonchev–Trinajstić information content (AvgIpc) is 3.20. The van der Waals surface area contributed by atoms with E-state index in [4.69, 9.17) is 23.2 Å². The van der Waals surface area contributed by atoms with E-state index in [-0.39, 0.29) is 16.6 Å². The lowest BCUT2D eigenvalue weighted by molar-refractivity contribution is 0.102. The number of nitrogens with one attached hydrogen (secondary N) is 1. The first-order valence-corrected chi connectivity index (χ1v) is 9.85. The molecule has 1 amide bonds. The molecule has 0 atom stereocenters. The van der Waals surface area contributed by atoms with Gasteiger partial charge in [-0.25, -0.2) is 14.5 Å². The van der Waals surface area contributed by atoms with Gasteiger partial charge in [0.05, 0.1) is 33.7 Å². The van der Waals surface area contributed by atoms with Gasteiger partial charge in [-0.1, -0.05) is 35.3 Å². The van der Waals surface area contributed by atoms with Crippen LogP contribution in [0.1, 0.15) is 15.9 Å². The van der Waals surface area contributed by atoms with Crippen LogP contribution in [0.3, 0.4) is 0 Å². The van der Waals surface area contributed by atoms with Crippen LogP contribution in [-0.4, -0.2) is 29.8 Å². The summed E-state index contributed by atoms with van der Waals surface area (Å²) in [5, 5.41) is 7.98. The first kappa shape index (κ1) is 20.8. The fourth-order valence-corrected chi connectivity index (χ4v) is 3.55. The maximum absolute atomic E-state index is 12.8. The summed E-state index contributed by atoms with van der Waals surface area (Å²) < 4.78 is 3.78. The molecule has 1 N–H and O–H groups in total. The number of hydrogen-bond donors (Lipinski definition) is 1. The molecule has 4 aromatic rings. The fourth-order valence-electron chi connectivity index (χ4n) is 3.17. The molecule has 0 aliphatic heterocycles. The van der Waals surface area contributed by atoms with Crippen LogP contribution >= 0.6 is 23.2 Å². The monoisotopic (exact) mass is 458 g/mol. The van der Waals surface area contributed by atoms with Gasteiger partial charge < -0.3 is 5.32 Å². The van der Waals surface area contributed by atoms with Gasteiger partial charge in [-0.05, 0) is 17.7 Å². The molecule has 1 aromatic carbocycles. The summed E-state index contributed by atoms with van der Waals surface area (Å²) in [6, 6.07) is 8.32. The number of carbonyl (C=O) groups is 1. The van der Waals surface area contributed by atoms with E-state index >= 15 is 0 Å². The zero-order valence-corrected chi connectivity index (χ0v) is 18.0. The van der Waals surface area contributed by atoms with E-state index in [1.54, 1.807) is 22.9 Å². The average molecular weight is 459 g/mol. The highest BCUT2D eigenvalue weighted by Gasteiger charge is 2.16. The van der Waals surface area contributed by atoms with Crippen molar-refractivity contribution < 1.29 is 4.79 Å². The summed E-state index contributed by atoms with van der Waals surface area (Å²) in [6.07, 6.45) is 2.85. The normalized spacial score (nSPS) is 11.1. The van der Waals surface area contributed by atoms with Crippen molar-refractivity contribution in [1.82, 2.24) is 23.9 Å².